The molecular formula is C15H12F2O2. The van der Waals surface area contributed by atoms with Crippen LogP contribution in [0, 0.1) is 11.6 Å². The SMILES string of the molecule is O=C(Cc1ccc(F)cc1)OCc1ccccc1F. The number of halogens is 2. The largest absolute Gasteiger partial charge is 0.460 e. The van der Waals surface area contributed by atoms with Crippen LogP contribution in [0.3, 0.4) is 0 Å². The zero-order valence-corrected chi connectivity index (χ0v) is 10.1. The van der Waals surface area contributed by atoms with Crippen LogP contribution in [0.2, 0.25) is 0 Å². The highest BCUT2D eigenvalue weighted by Gasteiger charge is 2.07. The molecule has 0 radical (unpaired) electrons. The van der Waals surface area contributed by atoms with Gasteiger partial charge in [0.15, 0.2) is 0 Å². The third kappa shape index (κ3) is 3.88. The van der Waals surface area contributed by atoms with Crippen molar-refractivity contribution in [2.24, 2.45) is 0 Å². The molecule has 0 aliphatic rings. The fourth-order valence-corrected chi connectivity index (χ4v) is 1.59. The first-order valence-electron chi connectivity index (χ1n) is 5.78. The van der Waals surface area contributed by atoms with Gasteiger partial charge in [0.25, 0.3) is 0 Å². The molecule has 0 fully saturated rings. The minimum absolute atomic E-state index is 0.0364. The Labute approximate surface area is 109 Å². The molecule has 4 heteroatoms. The molecule has 2 nitrogen and oxygen atoms in total. The highest BCUT2D eigenvalue weighted by molar-refractivity contribution is 5.72. The molecule has 0 spiro atoms. The summed E-state index contributed by atoms with van der Waals surface area (Å²) in [6.45, 7) is -0.104. The molecule has 0 aliphatic carbocycles. The van der Waals surface area contributed by atoms with E-state index in [4.69, 9.17) is 4.74 Å². The molecule has 0 aliphatic heterocycles. The highest BCUT2D eigenvalue weighted by atomic mass is 19.1. The van der Waals surface area contributed by atoms with Crippen LogP contribution in [0.4, 0.5) is 8.78 Å². The lowest BCUT2D eigenvalue weighted by Crippen LogP contribution is -2.08. The Morgan fingerprint density at radius 3 is 2.37 bits per heavy atom. The molecule has 98 valence electrons. The van der Waals surface area contributed by atoms with Crippen molar-refractivity contribution in [3.05, 3.63) is 71.3 Å². The van der Waals surface area contributed by atoms with Gasteiger partial charge in [0, 0.05) is 5.56 Å². The van der Waals surface area contributed by atoms with Gasteiger partial charge in [-0.25, -0.2) is 8.78 Å². The first kappa shape index (κ1) is 13.2. The Morgan fingerprint density at radius 2 is 1.68 bits per heavy atom. The third-order valence-corrected chi connectivity index (χ3v) is 2.61. The van der Waals surface area contributed by atoms with E-state index in [0.29, 0.717) is 11.1 Å². The zero-order valence-electron chi connectivity index (χ0n) is 10.1. The predicted molar refractivity (Wildman–Crippen MR) is 66.3 cm³/mol. The number of ether oxygens (including phenoxy) is 1. The number of carbonyl (C=O) groups excluding carboxylic acids is 1. The quantitative estimate of drug-likeness (QED) is 0.791. The van der Waals surface area contributed by atoms with E-state index < -0.39 is 11.8 Å². The summed E-state index contributed by atoms with van der Waals surface area (Å²) in [7, 11) is 0. The van der Waals surface area contributed by atoms with Crippen molar-refractivity contribution in [3.8, 4) is 0 Å². The molecule has 2 rings (SSSR count). The maximum Gasteiger partial charge on any atom is 0.310 e. The first-order chi connectivity index (χ1) is 9.15. The minimum Gasteiger partial charge on any atom is -0.460 e. The van der Waals surface area contributed by atoms with Crippen LogP contribution in [0.15, 0.2) is 48.5 Å². The Bertz CT molecular complexity index is 565. The summed E-state index contributed by atoms with van der Waals surface area (Å²) >= 11 is 0. The lowest BCUT2D eigenvalue weighted by molar-refractivity contribution is -0.144. The van der Waals surface area contributed by atoms with Crippen molar-refractivity contribution in [1.82, 2.24) is 0 Å². The summed E-state index contributed by atoms with van der Waals surface area (Å²) in [5.74, 6) is -1.24. The molecule has 0 bridgehead atoms. The van der Waals surface area contributed by atoms with Crippen molar-refractivity contribution in [2.45, 2.75) is 13.0 Å². The number of benzene rings is 2. The van der Waals surface area contributed by atoms with Crippen LogP contribution in [0.5, 0.6) is 0 Å². The van der Waals surface area contributed by atoms with Crippen LogP contribution in [-0.4, -0.2) is 5.97 Å². The smallest absolute Gasteiger partial charge is 0.310 e. The van der Waals surface area contributed by atoms with Crippen LogP contribution < -0.4 is 0 Å². The van der Waals surface area contributed by atoms with E-state index in [2.05, 4.69) is 0 Å². The average Bonchev–Trinajstić information content (AvgIpc) is 2.40. The predicted octanol–water partition coefficient (Wildman–Crippen LogP) is 3.25. The van der Waals surface area contributed by atoms with Gasteiger partial charge in [0.2, 0.25) is 0 Å². The van der Waals surface area contributed by atoms with E-state index in [9.17, 15) is 13.6 Å². The number of hydrogen-bond donors (Lipinski definition) is 0. The second-order valence-electron chi connectivity index (χ2n) is 4.06. The van der Waals surface area contributed by atoms with Crippen molar-refractivity contribution in [3.63, 3.8) is 0 Å². The Balaban J connectivity index is 1.88. The second-order valence-corrected chi connectivity index (χ2v) is 4.06. The lowest BCUT2D eigenvalue weighted by Gasteiger charge is -2.06. The zero-order chi connectivity index (χ0) is 13.7. The monoisotopic (exact) mass is 262 g/mol. The van der Waals surface area contributed by atoms with Crippen molar-refractivity contribution < 1.29 is 18.3 Å². The van der Waals surface area contributed by atoms with Crippen molar-refractivity contribution >= 4 is 5.97 Å². The summed E-state index contributed by atoms with van der Waals surface area (Å²) in [6.07, 6.45) is 0.0364. The van der Waals surface area contributed by atoms with E-state index in [-0.39, 0.29) is 18.8 Å². The summed E-state index contributed by atoms with van der Waals surface area (Å²) in [5, 5.41) is 0. The second kappa shape index (κ2) is 6.09. The fourth-order valence-electron chi connectivity index (χ4n) is 1.59. The molecular weight excluding hydrogens is 250 g/mol. The van der Waals surface area contributed by atoms with E-state index in [1.807, 2.05) is 0 Å². The highest BCUT2D eigenvalue weighted by Crippen LogP contribution is 2.09. The fraction of sp³-hybridized carbons (Fsp3) is 0.133. The van der Waals surface area contributed by atoms with E-state index in [1.165, 1.54) is 30.3 Å². The summed E-state index contributed by atoms with van der Waals surface area (Å²) in [4.78, 5) is 11.5. The van der Waals surface area contributed by atoms with Gasteiger partial charge in [-0.15, -0.1) is 0 Å². The van der Waals surface area contributed by atoms with E-state index in [0.717, 1.165) is 0 Å². The molecule has 0 heterocycles. The number of esters is 1. The van der Waals surface area contributed by atoms with E-state index >= 15 is 0 Å². The molecule has 0 amide bonds. The van der Waals surface area contributed by atoms with Gasteiger partial charge in [-0.2, -0.15) is 0 Å². The number of carbonyl (C=O) groups is 1. The average molecular weight is 262 g/mol. The first-order valence-corrected chi connectivity index (χ1v) is 5.78. The molecule has 19 heavy (non-hydrogen) atoms. The van der Waals surface area contributed by atoms with Crippen LogP contribution in [0.1, 0.15) is 11.1 Å². The van der Waals surface area contributed by atoms with E-state index in [1.54, 1.807) is 18.2 Å². The summed E-state index contributed by atoms with van der Waals surface area (Å²) in [5.41, 5.74) is 0.981. The van der Waals surface area contributed by atoms with Gasteiger partial charge < -0.3 is 4.74 Å². The number of rotatable bonds is 4. The Morgan fingerprint density at radius 1 is 1.00 bits per heavy atom. The molecule has 0 N–H and O–H groups in total. The van der Waals surface area contributed by atoms with Gasteiger partial charge in [0.1, 0.15) is 18.2 Å². The molecule has 0 unspecified atom stereocenters. The molecule has 0 atom stereocenters. The normalized spacial score (nSPS) is 10.2. The van der Waals surface area contributed by atoms with Crippen molar-refractivity contribution in [2.75, 3.05) is 0 Å². The maximum absolute atomic E-state index is 13.3. The Kier molecular flexibility index (Phi) is 4.23. The van der Waals surface area contributed by atoms with Crippen LogP contribution in [-0.2, 0) is 22.6 Å². The number of hydrogen-bond acceptors (Lipinski definition) is 2. The summed E-state index contributed by atoms with van der Waals surface area (Å²) < 4.78 is 30.9. The van der Waals surface area contributed by atoms with Crippen LogP contribution in [0.25, 0.3) is 0 Å². The van der Waals surface area contributed by atoms with Gasteiger partial charge in [-0.1, -0.05) is 30.3 Å². The minimum atomic E-state index is -0.477. The van der Waals surface area contributed by atoms with Gasteiger partial charge in [0.05, 0.1) is 6.42 Å². The molecule has 0 saturated carbocycles. The van der Waals surface area contributed by atoms with Crippen LogP contribution >= 0.6 is 0 Å². The topological polar surface area (TPSA) is 26.3 Å². The third-order valence-electron chi connectivity index (χ3n) is 2.61. The molecule has 2 aromatic carbocycles. The molecule has 0 saturated heterocycles. The molecule has 0 aromatic heterocycles. The lowest BCUT2D eigenvalue weighted by atomic mass is 10.1. The van der Waals surface area contributed by atoms with Gasteiger partial charge in [-0.3, -0.25) is 4.79 Å². The summed E-state index contributed by atoms with van der Waals surface area (Å²) in [6, 6.07) is 11.7. The standard InChI is InChI=1S/C15H12F2O2/c16-13-7-5-11(6-8-13)9-15(18)19-10-12-3-1-2-4-14(12)17/h1-8H,9-10H2. The van der Waals surface area contributed by atoms with Crippen molar-refractivity contribution in [1.29, 1.82) is 0 Å². The molecule has 2 aromatic rings. The Hall–Kier alpha value is -2.23. The van der Waals surface area contributed by atoms with Gasteiger partial charge in [-0.05, 0) is 23.8 Å². The maximum atomic E-state index is 13.3. The van der Waals surface area contributed by atoms with Gasteiger partial charge >= 0.3 is 5.97 Å².